The highest BCUT2D eigenvalue weighted by Gasteiger charge is 2.74. The van der Waals surface area contributed by atoms with Crippen LogP contribution in [0.4, 0.5) is 11.6 Å². The Bertz CT molecular complexity index is 1780. The minimum atomic E-state index is -0.697. The molecule has 2 aliphatic carbocycles. The highest BCUT2D eigenvalue weighted by molar-refractivity contribution is 5.81. The Morgan fingerprint density at radius 2 is 1.12 bits per heavy atom. The molecule has 4 aromatic rings. The van der Waals surface area contributed by atoms with E-state index in [0.717, 1.165) is 19.3 Å². The van der Waals surface area contributed by atoms with Gasteiger partial charge in [0.2, 0.25) is 0 Å². The molecule has 17 heteroatoms. The molecule has 0 bridgehead atoms. The Morgan fingerprint density at radius 3 is 1.52 bits per heavy atom. The third-order valence-corrected chi connectivity index (χ3v) is 10.7. The monoisotopic (exact) mass is 696 g/mol. The van der Waals surface area contributed by atoms with Crippen molar-refractivity contribution in [3.05, 3.63) is 25.3 Å². The Morgan fingerprint density at radius 1 is 0.680 bits per heavy atom. The number of aliphatic hydroxyl groups is 1. The lowest BCUT2D eigenvalue weighted by molar-refractivity contribution is -0.204. The lowest BCUT2D eigenvalue weighted by atomic mass is 10.1. The van der Waals surface area contributed by atoms with Crippen molar-refractivity contribution in [2.75, 3.05) is 18.1 Å². The number of rotatable bonds is 4. The number of anilines is 2. The molecule has 10 rings (SSSR count). The fourth-order valence-corrected chi connectivity index (χ4v) is 8.36. The summed E-state index contributed by atoms with van der Waals surface area (Å²) in [5.41, 5.74) is 13.4. The van der Waals surface area contributed by atoms with Gasteiger partial charge in [-0.15, -0.1) is 0 Å². The number of nitrogens with two attached hydrogens (primary N) is 2. The normalized spacial score (nSPS) is 38.0. The average molecular weight is 697 g/mol. The third-order valence-electron chi connectivity index (χ3n) is 10.7. The summed E-state index contributed by atoms with van der Waals surface area (Å²) in [6, 6.07) is 0. The van der Waals surface area contributed by atoms with E-state index in [2.05, 4.69) is 36.8 Å². The lowest BCUT2D eigenvalue weighted by Crippen LogP contribution is -2.33. The molecule has 0 aromatic carbocycles. The van der Waals surface area contributed by atoms with Crippen LogP contribution in [0.2, 0.25) is 0 Å². The molecule has 2 spiro atoms. The van der Waals surface area contributed by atoms with Crippen LogP contribution in [0.15, 0.2) is 25.3 Å². The van der Waals surface area contributed by atoms with Gasteiger partial charge in [-0.25, -0.2) is 29.9 Å². The molecule has 0 amide bonds. The molecule has 6 aliphatic rings. The molecule has 0 radical (unpaired) electrons. The topological polar surface area (TPSA) is 215 Å². The van der Waals surface area contributed by atoms with Gasteiger partial charge in [-0.2, -0.15) is 0 Å². The van der Waals surface area contributed by atoms with Crippen molar-refractivity contribution in [3.8, 4) is 0 Å². The van der Waals surface area contributed by atoms with Crippen LogP contribution in [-0.2, 0) is 28.4 Å². The summed E-state index contributed by atoms with van der Waals surface area (Å²) in [5.74, 6) is -0.0622. The van der Waals surface area contributed by atoms with E-state index in [4.69, 9.17) is 39.9 Å². The van der Waals surface area contributed by atoms with Gasteiger partial charge >= 0.3 is 0 Å². The molecule has 5 N–H and O–H groups in total. The SMILES string of the molecule is C.C.CC1(C)OC2[C@H](n3cnc4c(N)ncnc43)O[C@]3(C[C@@H]3CO)[C@@H]2O1.CC[C@H]1C[C@]12O[C@@H](n1cnc3c(N)ncnc31)C1OC(C)(C)O[C@H]12. The molecular formula is C33H48N10O7. The first-order chi connectivity index (χ1) is 22.9. The maximum Gasteiger partial charge on any atom is 0.167 e. The number of imidazole rings is 2. The smallest absolute Gasteiger partial charge is 0.167 e. The van der Waals surface area contributed by atoms with Gasteiger partial charge in [0.1, 0.15) is 59.3 Å². The van der Waals surface area contributed by atoms with E-state index in [9.17, 15) is 5.11 Å². The van der Waals surface area contributed by atoms with E-state index in [1.165, 1.54) is 12.7 Å². The Kier molecular flexibility index (Phi) is 7.99. The van der Waals surface area contributed by atoms with Gasteiger partial charge in [-0.3, -0.25) is 9.13 Å². The molecule has 2 unspecified atom stereocenters. The molecule has 10 atom stereocenters. The summed E-state index contributed by atoms with van der Waals surface area (Å²) in [6.45, 7) is 9.93. The second-order valence-corrected chi connectivity index (χ2v) is 14.5. The molecule has 6 fully saturated rings. The molecule has 8 heterocycles. The number of nitrogen functional groups attached to an aromatic ring is 2. The van der Waals surface area contributed by atoms with Crippen molar-refractivity contribution in [2.24, 2.45) is 11.8 Å². The Hall–Kier alpha value is -3.58. The van der Waals surface area contributed by atoms with Crippen LogP contribution < -0.4 is 11.5 Å². The second kappa shape index (κ2) is 11.5. The van der Waals surface area contributed by atoms with Gasteiger partial charge in [0.05, 0.1) is 12.7 Å². The third kappa shape index (κ3) is 4.92. The molecule has 50 heavy (non-hydrogen) atoms. The lowest BCUT2D eigenvalue weighted by Gasteiger charge is -2.25. The standard InChI is InChI=1S/C16H21N5O3.C15H19N5O4.2CH4/c1-4-8-5-16(8)11-10(22-15(2,3)23-11)14(24-16)21-7-20-9-12(17)18-6-19-13(9)21;1-14(2)22-9-10(23-14)15(3-7(15)4-21)24-13(9)20-6-19-8-11(16)17-5-18-12(8)20;;/h6-8,10-11,14H,4-5H2,1-3H3,(H2,17,18,19);5-7,9-10,13,21H,3-4H2,1-2H3,(H2,16,17,18);2*1H4/t8-,10?,11+,14+,16-;7-,9?,10-,13-,15+;;/m01../s1. The van der Waals surface area contributed by atoms with Gasteiger partial charge in [-0.05, 0) is 46.5 Å². The maximum absolute atomic E-state index is 9.57. The predicted molar refractivity (Wildman–Crippen MR) is 180 cm³/mol. The van der Waals surface area contributed by atoms with Crippen LogP contribution in [0.3, 0.4) is 0 Å². The number of ether oxygens (including phenoxy) is 6. The van der Waals surface area contributed by atoms with E-state index >= 15 is 0 Å². The highest BCUT2D eigenvalue weighted by Crippen LogP contribution is 2.64. The summed E-state index contributed by atoms with van der Waals surface area (Å²) < 4.78 is 41.1. The van der Waals surface area contributed by atoms with E-state index in [0.29, 0.717) is 39.9 Å². The molecule has 4 aliphatic heterocycles. The van der Waals surface area contributed by atoms with E-state index < -0.39 is 23.4 Å². The van der Waals surface area contributed by atoms with Crippen molar-refractivity contribution in [2.45, 2.75) is 128 Å². The number of hydrogen-bond acceptors (Lipinski definition) is 15. The first kappa shape index (κ1) is 34.9. The van der Waals surface area contributed by atoms with E-state index in [-0.39, 0.29) is 63.6 Å². The quantitative estimate of drug-likeness (QED) is 0.279. The first-order valence-electron chi connectivity index (χ1n) is 16.4. The van der Waals surface area contributed by atoms with Crippen molar-refractivity contribution in [3.63, 3.8) is 0 Å². The maximum atomic E-state index is 9.57. The average Bonchev–Trinajstić information content (AvgIpc) is 3.38. The first-order valence-corrected chi connectivity index (χ1v) is 16.4. The Balaban J connectivity index is 0.000000151. The van der Waals surface area contributed by atoms with Gasteiger partial charge in [-0.1, -0.05) is 28.2 Å². The van der Waals surface area contributed by atoms with Crippen LogP contribution in [0, 0.1) is 11.8 Å². The minimum absolute atomic E-state index is 0. The minimum Gasteiger partial charge on any atom is -0.396 e. The summed E-state index contributed by atoms with van der Waals surface area (Å²) in [5, 5.41) is 9.57. The number of aromatic nitrogens is 8. The summed E-state index contributed by atoms with van der Waals surface area (Å²) in [6.07, 6.45) is 7.46. The highest BCUT2D eigenvalue weighted by atomic mass is 16.8. The van der Waals surface area contributed by atoms with Crippen molar-refractivity contribution in [1.29, 1.82) is 0 Å². The van der Waals surface area contributed by atoms with Crippen LogP contribution in [0.25, 0.3) is 22.3 Å². The van der Waals surface area contributed by atoms with Gasteiger partial charge in [0.25, 0.3) is 0 Å². The fraction of sp³-hybridized carbons (Fsp3) is 0.697. The number of fused-ring (bicyclic) bond motifs is 6. The molecule has 4 aromatic heterocycles. The van der Waals surface area contributed by atoms with Crippen molar-refractivity contribution in [1.82, 2.24) is 39.0 Å². The van der Waals surface area contributed by atoms with Gasteiger partial charge in [0.15, 0.2) is 47.0 Å². The zero-order valence-electron chi connectivity index (χ0n) is 27.4. The number of hydrogen-bond donors (Lipinski definition) is 3. The van der Waals surface area contributed by atoms with Gasteiger partial charge < -0.3 is 45.0 Å². The van der Waals surface area contributed by atoms with E-state index in [1.54, 1.807) is 12.7 Å². The van der Waals surface area contributed by atoms with Crippen LogP contribution in [0.1, 0.15) is 81.2 Å². The molecule has 17 nitrogen and oxygen atoms in total. The fourth-order valence-electron chi connectivity index (χ4n) is 8.36. The summed E-state index contributed by atoms with van der Waals surface area (Å²) in [4.78, 5) is 25.3. The second-order valence-electron chi connectivity index (χ2n) is 14.5. The summed E-state index contributed by atoms with van der Waals surface area (Å²) in [7, 11) is 0. The van der Waals surface area contributed by atoms with Crippen LogP contribution in [0.5, 0.6) is 0 Å². The largest absolute Gasteiger partial charge is 0.396 e. The molecule has 272 valence electrons. The summed E-state index contributed by atoms with van der Waals surface area (Å²) >= 11 is 0. The zero-order chi connectivity index (χ0) is 33.4. The van der Waals surface area contributed by atoms with Crippen LogP contribution in [-0.4, -0.2) is 97.9 Å². The zero-order valence-corrected chi connectivity index (χ0v) is 27.4. The number of nitrogens with zero attached hydrogens (tertiary/aromatic N) is 8. The Labute approximate surface area is 290 Å². The van der Waals surface area contributed by atoms with Crippen molar-refractivity contribution < 1.29 is 33.5 Å². The molecule has 2 saturated carbocycles. The number of aliphatic hydroxyl groups excluding tert-OH is 1. The molecular weight excluding hydrogens is 648 g/mol. The predicted octanol–water partition coefficient (Wildman–Crippen LogP) is 3.11. The molecule has 4 saturated heterocycles. The van der Waals surface area contributed by atoms with Gasteiger partial charge in [0, 0.05) is 12.5 Å². The van der Waals surface area contributed by atoms with Crippen LogP contribution >= 0.6 is 0 Å². The van der Waals surface area contributed by atoms with Crippen molar-refractivity contribution >= 4 is 34.0 Å². The van der Waals surface area contributed by atoms with E-state index in [1.807, 2.05) is 36.8 Å².